The number of hydrogen-bond donors (Lipinski definition) is 0. The Kier molecular flexibility index (Phi) is 5.40. The van der Waals surface area contributed by atoms with Crippen molar-refractivity contribution in [3.05, 3.63) is 95.6 Å². The van der Waals surface area contributed by atoms with E-state index in [1.807, 2.05) is 30.3 Å². The Morgan fingerprint density at radius 1 is 0.815 bits per heavy atom. The first-order valence-electron chi connectivity index (χ1n) is 9.51. The summed E-state index contributed by atoms with van der Waals surface area (Å²) in [7, 11) is 0. The predicted octanol–water partition coefficient (Wildman–Crippen LogP) is 5.00. The van der Waals surface area contributed by atoms with Gasteiger partial charge in [0, 0.05) is 24.3 Å². The highest BCUT2D eigenvalue weighted by Crippen LogP contribution is 2.35. The highest BCUT2D eigenvalue weighted by Gasteiger charge is 2.23. The Bertz CT molecular complexity index is 855. The third kappa shape index (κ3) is 4.15. The molecule has 0 N–H and O–H groups in total. The number of hydrogen-bond acceptors (Lipinski definition) is 3. The number of para-hydroxylation sites is 2. The Balaban J connectivity index is 1.75. The quantitative estimate of drug-likeness (QED) is 0.640. The molecule has 0 aromatic heterocycles. The number of benzene rings is 3. The number of ether oxygens (including phenoxy) is 2. The highest BCUT2D eigenvalue weighted by atomic mass is 16.5. The van der Waals surface area contributed by atoms with E-state index in [-0.39, 0.29) is 6.10 Å². The number of anilines is 1. The van der Waals surface area contributed by atoms with Gasteiger partial charge in [-0.1, -0.05) is 66.2 Å². The molecule has 0 radical (unpaired) electrons. The van der Waals surface area contributed by atoms with Gasteiger partial charge in [-0.3, -0.25) is 0 Å². The molecule has 1 saturated heterocycles. The summed E-state index contributed by atoms with van der Waals surface area (Å²) >= 11 is 0. The molecule has 3 nitrogen and oxygen atoms in total. The third-order valence-electron chi connectivity index (χ3n) is 4.95. The van der Waals surface area contributed by atoms with E-state index in [0.717, 1.165) is 37.6 Å². The summed E-state index contributed by atoms with van der Waals surface area (Å²) in [5.41, 5.74) is 4.82. The SMILES string of the molecule is Cc1ccc(C(Oc2ccccc2)c2ccccc2N2CCOCC2)cc1. The average Bonchev–Trinajstić information content (AvgIpc) is 2.74. The molecule has 0 aliphatic carbocycles. The van der Waals surface area contributed by atoms with Crippen LogP contribution in [-0.4, -0.2) is 26.3 Å². The first kappa shape index (κ1) is 17.6. The normalized spacial score (nSPS) is 15.4. The van der Waals surface area contributed by atoms with Gasteiger partial charge in [0.25, 0.3) is 0 Å². The van der Waals surface area contributed by atoms with Crippen LogP contribution in [0.5, 0.6) is 5.75 Å². The summed E-state index contributed by atoms with van der Waals surface area (Å²) in [5, 5.41) is 0. The van der Waals surface area contributed by atoms with Gasteiger partial charge in [-0.25, -0.2) is 0 Å². The van der Waals surface area contributed by atoms with Crippen molar-refractivity contribution < 1.29 is 9.47 Å². The van der Waals surface area contributed by atoms with Crippen molar-refractivity contribution in [2.24, 2.45) is 0 Å². The fraction of sp³-hybridized carbons (Fsp3) is 0.250. The van der Waals surface area contributed by atoms with E-state index in [0.29, 0.717) is 0 Å². The average molecular weight is 359 g/mol. The molecule has 1 fully saturated rings. The fourth-order valence-corrected chi connectivity index (χ4v) is 3.49. The van der Waals surface area contributed by atoms with Crippen molar-refractivity contribution in [3.8, 4) is 5.75 Å². The first-order chi connectivity index (χ1) is 13.3. The lowest BCUT2D eigenvalue weighted by Crippen LogP contribution is -2.37. The lowest BCUT2D eigenvalue weighted by atomic mass is 9.98. The maximum Gasteiger partial charge on any atom is 0.151 e. The lowest BCUT2D eigenvalue weighted by molar-refractivity contribution is 0.122. The van der Waals surface area contributed by atoms with Crippen molar-refractivity contribution in [1.29, 1.82) is 0 Å². The van der Waals surface area contributed by atoms with Gasteiger partial charge in [0.05, 0.1) is 13.2 Å². The van der Waals surface area contributed by atoms with E-state index in [9.17, 15) is 0 Å². The minimum absolute atomic E-state index is 0.160. The number of aryl methyl sites for hydroxylation is 1. The summed E-state index contributed by atoms with van der Waals surface area (Å²) in [4.78, 5) is 2.40. The number of nitrogens with zero attached hydrogens (tertiary/aromatic N) is 1. The third-order valence-corrected chi connectivity index (χ3v) is 4.95. The zero-order chi connectivity index (χ0) is 18.5. The summed E-state index contributed by atoms with van der Waals surface area (Å²) < 4.78 is 12.0. The molecule has 27 heavy (non-hydrogen) atoms. The lowest BCUT2D eigenvalue weighted by Gasteiger charge is -2.32. The van der Waals surface area contributed by atoms with Crippen LogP contribution in [0.3, 0.4) is 0 Å². The van der Waals surface area contributed by atoms with Crippen molar-refractivity contribution in [2.45, 2.75) is 13.0 Å². The van der Waals surface area contributed by atoms with Gasteiger partial charge in [-0.15, -0.1) is 0 Å². The highest BCUT2D eigenvalue weighted by molar-refractivity contribution is 5.57. The van der Waals surface area contributed by atoms with Crippen LogP contribution in [0.4, 0.5) is 5.69 Å². The zero-order valence-corrected chi connectivity index (χ0v) is 15.7. The molecule has 0 bridgehead atoms. The molecule has 0 amide bonds. The van der Waals surface area contributed by atoms with E-state index in [4.69, 9.17) is 9.47 Å². The van der Waals surface area contributed by atoms with E-state index >= 15 is 0 Å². The molecule has 138 valence electrons. The minimum Gasteiger partial charge on any atom is -0.481 e. The molecule has 1 unspecified atom stereocenters. The molecule has 1 atom stereocenters. The van der Waals surface area contributed by atoms with Crippen LogP contribution in [0.2, 0.25) is 0 Å². The minimum atomic E-state index is -0.160. The Labute approximate surface area is 161 Å². The second-order valence-corrected chi connectivity index (χ2v) is 6.88. The number of morpholine rings is 1. The topological polar surface area (TPSA) is 21.7 Å². The largest absolute Gasteiger partial charge is 0.481 e. The molecule has 3 aromatic carbocycles. The molecular formula is C24H25NO2. The van der Waals surface area contributed by atoms with E-state index in [1.54, 1.807) is 0 Å². The van der Waals surface area contributed by atoms with Gasteiger partial charge in [-0.2, -0.15) is 0 Å². The second kappa shape index (κ2) is 8.28. The monoisotopic (exact) mass is 359 g/mol. The maximum absolute atomic E-state index is 6.50. The van der Waals surface area contributed by atoms with Crippen molar-refractivity contribution in [1.82, 2.24) is 0 Å². The molecule has 1 heterocycles. The summed E-state index contributed by atoms with van der Waals surface area (Å²) in [6.45, 7) is 5.45. The van der Waals surface area contributed by atoms with Crippen molar-refractivity contribution in [2.75, 3.05) is 31.2 Å². The van der Waals surface area contributed by atoms with Gasteiger partial charge >= 0.3 is 0 Å². The van der Waals surface area contributed by atoms with Crippen LogP contribution >= 0.6 is 0 Å². The van der Waals surface area contributed by atoms with E-state index < -0.39 is 0 Å². The Morgan fingerprint density at radius 3 is 2.22 bits per heavy atom. The van der Waals surface area contributed by atoms with Crippen molar-refractivity contribution in [3.63, 3.8) is 0 Å². The van der Waals surface area contributed by atoms with Gasteiger partial charge in [-0.05, 0) is 30.7 Å². The maximum atomic E-state index is 6.50. The fourth-order valence-electron chi connectivity index (χ4n) is 3.49. The zero-order valence-electron chi connectivity index (χ0n) is 15.7. The molecular weight excluding hydrogens is 334 g/mol. The van der Waals surface area contributed by atoms with Crippen LogP contribution in [-0.2, 0) is 4.74 Å². The van der Waals surface area contributed by atoms with Gasteiger partial charge in [0.15, 0.2) is 6.10 Å². The second-order valence-electron chi connectivity index (χ2n) is 6.88. The van der Waals surface area contributed by atoms with E-state index in [1.165, 1.54) is 16.8 Å². The predicted molar refractivity (Wildman–Crippen MR) is 110 cm³/mol. The summed E-state index contributed by atoms with van der Waals surface area (Å²) in [6, 6.07) is 27.2. The van der Waals surface area contributed by atoms with Gasteiger partial charge in [0.2, 0.25) is 0 Å². The van der Waals surface area contributed by atoms with Crippen LogP contribution in [0.15, 0.2) is 78.9 Å². The Morgan fingerprint density at radius 2 is 1.48 bits per heavy atom. The standard InChI is InChI=1S/C24H25NO2/c1-19-11-13-20(14-12-19)24(27-21-7-3-2-4-8-21)22-9-5-6-10-23(22)25-15-17-26-18-16-25/h2-14,24H,15-18H2,1H3. The molecule has 3 aromatic rings. The number of rotatable bonds is 5. The molecule has 1 aliphatic heterocycles. The molecule has 3 heteroatoms. The molecule has 1 aliphatic rings. The summed E-state index contributed by atoms with van der Waals surface area (Å²) in [5.74, 6) is 0.875. The molecule has 4 rings (SSSR count). The summed E-state index contributed by atoms with van der Waals surface area (Å²) in [6.07, 6.45) is -0.160. The molecule has 0 saturated carbocycles. The van der Waals surface area contributed by atoms with Crippen LogP contribution < -0.4 is 9.64 Å². The Hall–Kier alpha value is -2.78. The van der Waals surface area contributed by atoms with Crippen LogP contribution in [0.25, 0.3) is 0 Å². The van der Waals surface area contributed by atoms with E-state index in [2.05, 4.69) is 60.4 Å². The van der Waals surface area contributed by atoms with Crippen LogP contribution in [0.1, 0.15) is 22.8 Å². The smallest absolute Gasteiger partial charge is 0.151 e. The first-order valence-corrected chi connectivity index (χ1v) is 9.51. The van der Waals surface area contributed by atoms with Crippen molar-refractivity contribution >= 4 is 5.69 Å². The van der Waals surface area contributed by atoms with Gasteiger partial charge in [0.1, 0.15) is 5.75 Å². The van der Waals surface area contributed by atoms with Gasteiger partial charge < -0.3 is 14.4 Å². The molecule has 0 spiro atoms. The van der Waals surface area contributed by atoms with Crippen LogP contribution in [0, 0.1) is 6.92 Å².